The second kappa shape index (κ2) is 9.90. The van der Waals surface area contributed by atoms with Crippen molar-refractivity contribution in [3.05, 3.63) is 89.5 Å². The number of hydrogen-bond acceptors (Lipinski definition) is 5. The van der Waals surface area contributed by atoms with Crippen LogP contribution in [0.3, 0.4) is 0 Å². The van der Waals surface area contributed by atoms with E-state index >= 15 is 0 Å². The number of rotatable bonds is 6. The van der Waals surface area contributed by atoms with Crippen molar-refractivity contribution >= 4 is 29.2 Å². The predicted octanol–water partition coefficient (Wildman–Crippen LogP) is 4.94. The van der Waals surface area contributed by atoms with Gasteiger partial charge in [0.1, 0.15) is 11.5 Å². The highest BCUT2D eigenvalue weighted by Crippen LogP contribution is 2.27. The molecule has 3 aromatic carbocycles. The van der Waals surface area contributed by atoms with Crippen molar-refractivity contribution in [3.8, 4) is 17.6 Å². The number of nitrogens with one attached hydrogen (secondary N) is 1. The first-order valence-corrected chi connectivity index (χ1v) is 9.45. The molecule has 0 spiro atoms. The lowest BCUT2D eigenvalue weighted by atomic mass is 10.0. The zero-order chi connectivity index (χ0) is 22.2. The van der Waals surface area contributed by atoms with E-state index in [1.54, 1.807) is 67.8 Å². The van der Waals surface area contributed by atoms with Crippen LogP contribution in [0, 0.1) is 11.3 Å². The molecule has 0 aliphatic carbocycles. The highest BCUT2D eigenvalue weighted by molar-refractivity contribution is 5.95. The molecule has 31 heavy (non-hydrogen) atoms. The fraction of sp³-hybridized carbons (Fsp3) is 0.0800. The summed E-state index contributed by atoms with van der Waals surface area (Å²) >= 11 is 0. The molecule has 0 saturated heterocycles. The highest BCUT2D eigenvalue weighted by atomic mass is 16.5. The van der Waals surface area contributed by atoms with Gasteiger partial charge in [-0.25, -0.2) is 4.79 Å². The van der Waals surface area contributed by atoms with Gasteiger partial charge in [0.2, 0.25) is 5.91 Å². The van der Waals surface area contributed by atoms with Crippen molar-refractivity contribution in [3.63, 3.8) is 0 Å². The maximum atomic E-state index is 12.4. The summed E-state index contributed by atoms with van der Waals surface area (Å²) in [5, 5.41) is 12.2. The van der Waals surface area contributed by atoms with Crippen LogP contribution < -0.4 is 14.8 Å². The van der Waals surface area contributed by atoms with E-state index in [9.17, 15) is 14.9 Å². The molecule has 1 amide bonds. The Morgan fingerprint density at radius 1 is 1.00 bits per heavy atom. The molecule has 0 atom stereocenters. The minimum Gasteiger partial charge on any atom is -0.496 e. The molecule has 6 heteroatoms. The number of amides is 1. The average Bonchev–Trinajstić information content (AvgIpc) is 2.78. The number of esters is 1. The fourth-order valence-electron chi connectivity index (χ4n) is 2.93. The van der Waals surface area contributed by atoms with Gasteiger partial charge in [0, 0.05) is 18.2 Å². The number of benzene rings is 3. The van der Waals surface area contributed by atoms with Crippen LogP contribution in [0.5, 0.6) is 11.5 Å². The molecular weight excluding hydrogens is 392 g/mol. The quantitative estimate of drug-likeness (QED) is 0.268. The van der Waals surface area contributed by atoms with Gasteiger partial charge in [0.05, 0.1) is 24.3 Å². The van der Waals surface area contributed by atoms with E-state index in [0.717, 1.165) is 5.56 Å². The van der Waals surface area contributed by atoms with Crippen LogP contribution in [0.2, 0.25) is 0 Å². The van der Waals surface area contributed by atoms with E-state index in [1.165, 1.54) is 6.92 Å². The van der Waals surface area contributed by atoms with Gasteiger partial charge < -0.3 is 14.8 Å². The Kier molecular flexibility index (Phi) is 6.82. The zero-order valence-electron chi connectivity index (χ0n) is 17.1. The maximum Gasteiger partial charge on any atom is 0.343 e. The average molecular weight is 412 g/mol. The van der Waals surface area contributed by atoms with Crippen LogP contribution in [0.25, 0.3) is 11.6 Å². The van der Waals surface area contributed by atoms with Crippen molar-refractivity contribution in [1.82, 2.24) is 0 Å². The minimum absolute atomic E-state index is 0.223. The number of para-hydroxylation sites is 1. The molecule has 0 heterocycles. The first kappa shape index (κ1) is 21.3. The molecule has 6 nitrogen and oxygen atoms in total. The Labute approximate surface area is 180 Å². The number of ether oxygens (including phenoxy) is 2. The molecule has 0 aliphatic heterocycles. The van der Waals surface area contributed by atoms with E-state index in [-0.39, 0.29) is 5.91 Å². The van der Waals surface area contributed by atoms with Crippen molar-refractivity contribution in [2.24, 2.45) is 0 Å². The van der Waals surface area contributed by atoms with Crippen LogP contribution in [-0.4, -0.2) is 19.0 Å². The van der Waals surface area contributed by atoms with Crippen molar-refractivity contribution in [2.75, 3.05) is 12.4 Å². The minimum atomic E-state index is -0.540. The van der Waals surface area contributed by atoms with E-state index in [1.807, 2.05) is 18.2 Å². The topological polar surface area (TPSA) is 88.4 Å². The second-order valence-electron chi connectivity index (χ2n) is 6.59. The molecule has 3 rings (SSSR count). The van der Waals surface area contributed by atoms with Gasteiger partial charge in [-0.3, -0.25) is 4.79 Å². The lowest BCUT2D eigenvalue weighted by Crippen LogP contribution is -2.10. The monoisotopic (exact) mass is 412 g/mol. The molecule has 0 saturated carbocycles. The molecule has 0 aliphatic rings. The Balaban J connectivity index is 1.76. The Bertz CT molecular complexity index is 1170. The molecule has 0 bridgehead atoms. The summed E-state index contributed by atoms with van der Waals surface area (Å²) in [6.07, 6.45) is 1.74. The lowest BCUT2D eigenvalue weighted by Gasteiger charge is -2.08. The van der Waals surface area contributed by atoms with Crippen molar-refractivity contribution in [2.45, 2.75) is 6.92 Å². The van der Waals surface area contributed by atoms with Gasteiger partial charge in [0.25, 0.3) is 0 Å². The van der Waals surface area contributed by atoms with Crippen molar-refractivity contribution < 1.29 is 19.1 Å². The third kappa shape index (κ3) is 5.58. The molecule has 0 fully saturated rings. The summed E-state index contributed by atoms with van der Waals surface area (Å²) in [5.41, 5.74) is 2.76. The van der Waals surface area contributed by atoms with Crippen LogP contribution in [0.15, 0.2) is 72.8 Å². The predicted molar refractivity (Wildman–Crippen MR) is 119 cm³/mol. The first-order valence-electron chi connectivity index (χ1n) is 9.45. The Hall–Kier alpha value is -4.37. The van der Waals surface area contributed by atoms with E-state index in [4.69, 9.17) is 9.47 Å². The third-order valence-corrected chi connectivity index (χ3v) is 4.34. The fourth-order valence-corrected chi connectivity index (χ4v) is 2.93. The van der Waals surface area contributed by atoms with E-state index < -0.39 is 5.97 Å². The van der Waals surface area contributed by atoms with Gasteiger partial charge in [-0.2, -0.15) is 5.26 Å². The lowest BCUT2D eigenvalue weighted by molar-refractivity contribution is -0.114. The molecule has 0 radical (unpaired) electrons. The van der Waals surface area contributed by atoms with Gasteiger partial charge in [-0.1, -0.05) is 30.3 Å². The molecular formula is C25H20N2O4. The number of nitrogens with zero attached hydrogens (tertiary/aromatic N) is 1. The highest BCUT2D eigenvalue weighted by Gasteiger charge is 2.11. The van der Waals surface area contributed by atoms with Crippen molar-refractivity contribution in [1.29, 1.82) is 5.26 Å². The van der Waals surface area contributed by atoms with Crippen LogP contribution in [-0.2, 0) is 4.79 Å². The van der Waals surface area contributed by atoms with Gasteiger partial charge in [-0.05, 0) is 54.1 Å². The standard InChI is InChI=1S/C25H20N2O4/c1-17(28)27-21-7-5-6-19(15-21)25(29)31-22-12-10-18(11-13-22)14-20(16-26)23-8-3-4-9-24(23)30-2/h3-15H,1-2H3,(H,27,28)/b20-14-. The summed E-state index contributed by atoms with van der Waals surface area (Å²) in [6, 6.07) is 22.8. The first-order chi connectivity index (χ1) is 15.0. The number of anilines is 1. The van der Waals surface area contributed by atoms with Crippen LogP contribution >= 0.6 is 0 Å². The molecule has 0 unspecified atom stereocenters. The summed E-state index contributed by atoms with van der Waals surface area (Å²) in [6.45, 7) is 1.40. The smallest absolute Gasteiger partial charge is 0.343 e. The molecule has 154 valence electrons. The molecule has 1 N–H and O–H groups in total. The van der Waals surface area contributed by atoms with Crippen LogP contribution in [0.4, 0.5) is 5.69 Å². The number of carbonyl (C=O) groups excluding carboxylic acids is 2. The van der Waals surface area contributed by atoms with Gasteiger partial charge in [-0.15, -0.1) is 0 Å². The summed E-state index contributed by atoms with van der Waals surface area (Å²) in [4.78, 5) is 23.6. The Morgan fingerprint density at radius 2 is 1.74 bits per heavy atom. The van der Waals surface area contributed by atoms with E-state index in [2.05, 4.69) is 11.4 Å². The normalized spacial score (nSPS) is 10.7. The third-order valence-electron chi connectivity index (χ3n) is 4.34. The number of allylic oxidation sites excluding steroid dienone is 1. The van der Waals surface area contributed by atoms with Gasteiger partial charge >= 0.3 is 5.97 Å². The summed E-state index contributed by atoms with van der Waals surface area (Å²) in [5.74, 6) is 0.214. The number of carbonyl (C=O) groups is 2. The number of hydrogen-bond donors (Lipinski definition) is 1. The summed E-state index contributed by atoms with van der Waals surface area (Å²) in [7, 11) is 1.56. The second-order valence-corrected chi connectivity index (χ2v) is 6.59. The largest absolute Gasteiger partial charge is 0.496 e. The zero-order valence-corrected chi connectivity index (χ0v) is 17.1. The number of nitriles is 1. The maximum absolute atomic E-state index is 12.4. The molecule has 3 aromatic rings. The van der Waals surface area contributed by atoms with E-state index in [0.29, 0.717) is 33.9 Å². The van der Waals surface area contributed by atoms with Gasteiger partial charge in [0.15, 0.2) is 0 Å². The Morgan fingerprint density at radius 3 is 2.42 bits per heavy atom. The van der Waals surface area contributed by atoms with Crippen LogP contribution in [0.1, 0.15) is 28.4 Å². The molecule has 0 aromatic heterocycles. The number of methoxy groups -OCH3 is 1. The SMILES string of the molecule is COc1ccccc1/C(C#N)=C\c1ccc(OC(=O)c2cccc(NC(C)=O)c2)cc1. The summed E-state index contributed by atoms with van der Waals surface area (Å²) < 4.78 is 10.7.